The molecule has 0 unspecified atom stereocenters. The van der Waals surface area contributed by atoms with Gasteiger partial charge in [-0.2, -0.15) is 0 Å². The lowest BCUT2D eigenvalue weighted by molar-refractivity contribution is -0.449. The molecule has 0 aromatic heterocycles. The van der Waals surface area contributed by atoms with Crippen LogP contribution in [0.3, 0.4) is 0 Å². The summed E-state index contributed by atoms with van der Waals surface area (Å²) in [7, 11) is 4.69. The van der Waals surface area contributed by atoms with Gasteiger partial charge in [0, 0.05) is 27.2 Å². The average molecular weight is 288 g/mol. The van der Waals surface area contributed by atoms with Crippen LogP contribution in [0.5, 0.6) is 0 Å². The minimum absolute atomic E-state index is 0.217. The van der Waals surface area contributed by atoms with E-state index in [1.165, 1.54) is 0 Å². The molecule has 1 N–H and O–H groups in total. The summed E-state index contributed by atoms with van der Waals surface area (Å²) in [5, 5.41) is 10.1. The van der Waals surface area contributed by atoms with Crippen LogP contribution in [0.15, 0.2) is 12.2 Å². The molecule has 20 heavy (non-hydrogen) atoms. The average Bonchev–Trinajstić information content (AvgIpc) is 2.44. The number of hydrogen-bond donors (Lipinski definition) is 1. The number of aliphatic hydroxyl groups is 1. The Labute approximate surface area is 119 Å². The topological polar surface area (TPSA) is 66.4 Å². The molecule has 0 bridgehead atoms. The molecule has 0 radical (unpaired) electrons. The van der Waals surface area contributed by atoms with Crippen molar-refractivity contribution in [1.82, 2.24) is 0 Å². The van der Waals surface area contributed by atoms with Gasteiger partial charge in [0.1, 0.15) is 6.10 Å². The fourth-order valence-corrected chi connectivity index (χ4v) is 2.76. The molecule has 6 heteroatoms. The molecule has 1 aliphatic carbocycles. The van der Waals surface area contributed by atoms with Crippen molar-refractivity contribution in [3.05, 3.63) is 12.2 Å². The summed E-state index contributed by atoms with van der Waals surface area (Å²) in [6.45, 7) is 3.91. The molecule has 6 atom stereocenters. The first-order valence-corrected chi connectivity index (χ1v) is 6.72. The Kier molecular flexibility index (Phi) is 4.53. The van der Waals surface area contributed by atoms with E-state index in [-0.39, 0.29) is 18.1 Å². The second-order valence-corrected chi connectivity index (χ2v) is 5.46. The van der Waals surface area contributed by atoms with Crippen LogP contribution in [-0.4, -0.2) is 62.9 Å². The third-order valence-corrected chi connectivity index (χ3v) is 4.37. The quantitative estimate of drug-likeness (QED) is 0.768. The number of rotatable bonds is 4. The van der Waals surface area contributed by atoms with Gasteiger partial charge in [-0.3, -0.25) is 0 Å². The van der Waals surface area contributed by atoms with Gasteiger partial charge in [0.05, 0.1) is 18.8 Å². The van der Waals surface area contributed by atoms with Crippen molar-refractivity contribution >= 4 is 0 Å². The zero-order valence-corrected chi connectivity index (χ0v) is 12.7. The van der Waals surface area contributed by atoms with Crippen molar-refractivity contribution in [2.45, 2.75) is 43.7 Å². The van der Waals surface area contributed by atoms with E-state index in [4.69, 9.17) is 23.7 Å². The summed E-state index contributed by atoms with van der Waals surface area (Å²) in [6, 6.07) is 0. The van der Waals surface area contributed by atoms with Crippen LogP contribution in [-0.2, 0) is 23.7 Å². The van der Waals surface area contributed by atoms with Crippen LogP contribution in [0.25, 0.3) is 0 Å². The molecule has 6 nitrogen and oxygen atoms in total. The first kappa shape index (κ1) is 15.9. The van der Waals surface area contributed by atoms with Crippen LogP contribution in [0.1, 0.15) is 13.8 Å². The van der Waals surface area contributed by atoms with Crippen molar-refractivity contribution < 1.29 is 28.8 Å². The fraction of sp³-hybridized carbons (Fsp3) is 0.857. The Bertz CT molecular complexity index is 373. The van der Waals surface area contributed by atoms with E-state index in [1.807, 2.05) is 0 Å². The number of hydrogen-bond acceptors (Lipinski definition) is 6. The Balaban J connectivity index is 2.30. The predicted molar refractivity (Wildman–Crippen MR) is 71.1 cm³/mol. The molecule has 1 saturated heterocycles. The van der Waals surface area contributed by atoms with Gasteiger partial charge in [-0.1, -0.05) is 12.2 Å². The highest BCUT2D eigenvalue weighted by Crippen LogP contribution is 2.43. The lowest BCUT2D eigenvalue weighted by atomic mass is 9.85. The maximum absolute atomic E-state index is 10.1. The summed E-state index contributed by atoms with van der Waals surface area (Å²) in [5.41, 5.74) is 0. The van der Waals surface area contributed by atoms with E-state index in [9.17, 15) is 5.11 Å². The van der Waals surface area contributed by atoms with Crippen LogP contribution in [0, 0.1) is 5.92 Å². The van der Waals surface area contributed by atoms with E-state index in [0.717, 1.165) is 0 Å². The summed E-state index contributed by atoms with van der Waals surface area (Å²) in [4.78, 5) is 0. The molecule has 0 saturated carbocycles. The Morgan fingerprint density at radius 1 is 1.05 bits per heavy atom. The first-order valence-electron chi connectivity index (χ1n) is 6.72. The van der Waals surface area contributed by atoms with E-state index in [0.29, 0.717) is 6.61 Å². The van der Waals surface area contributed by atoms with Crippen LogP contribution >= 0.6 is 0 Å². The van der Waals surface area contributed by atoms with Gasteiger partial charge in [0.25, 0.3) is 0 Å². The SMILES string of the molecule is COC[C@H]1[C@H]2O[C@](C)(OC)[C@@](C)(OC)O[C@@H]2C=C[C@@H]1O. The number of ether oxygens (including phenoxy) is 5. The minimum atomic E-state index is -1.07. The van der Waals surface area contributed by atoms with E-state index < -0.39 is 17.7 Å². The minimum Gasteiger partial charge on any atom is -0.389 e. The van der Waals surface area contributed by atoms with Gasteiger partial charge in [-0.25, -0.2) is 0 Å². The maximum Gasteiger partial charge on any atom is 0.220 e. The molecular weight excluding hydrogens is 264 g/mol. The molecule has 1 aliphatic heterocycles. The number of methoxy groups -OCH3 is 3. The third-order valence-electron chi connectivity index (χ3n) is 4.37. The van der Waals surface area contributed by atoms with Crippen molar-refractivity contribution in [2.24, 2.45) is 5.92 Å². The highest BCUT2D eigenvalue weighted by atomic mass is 16.8. The van der Waals surface area contributed by atoms with E-state index in [2.05, 4.69) is 0 Å². The summed E-state index contributed by atoms with van der Waals surface area (Å²) in [5.74, 6) is -2.32. The summed E-state index contributed by atoms with van der Waals surface area (Å²) in [6.07, 6.45) is 2.20. The van der Waals surface area contributed by atoms with Crippen molar-refractivity contribution in [1.29, 1.82) is 0 Å². The lowest BCUT2D eigenvalue weighted by Crippen LogP contribution is -2.67. The molecule has 0 amide bonds. The number of fused-ring (bicyclic) bond motifs is 1. The first-order chi connectivity index (χ1) is 9.40. The van der Waals surface area contributed by atoms with E-state index in [1.54, 1.807) is 47.3 Å². The zero-order valence-electron chi connectivity index (χ0n) is 12.7. The molecule has 0 aromatic carbocycles. The van der Waals surface area contributed by atoms with Gasteiger partial charge in [-0.05, 0) is 13.8 Å². The Morgan fingerprint density at radius 2 is 1.65 bits per heavy atom. The predicted octanol–water partition coefficient (Wildman–Crippen LogP) is 0.689. The van der Waals surface area contributed by atoms with Crippen LogP contribution < -0.4 is 0 Å². The highest BCUT2D eigenvalue weighted by Gasteiger charge is 2.58. The van der Waals surface area contributed by atoms with Crippen molar-refractivity contribution in [3.63, 3.8) is 0 Å². The number of aliphatic hydroxyl groups excluding tert-OH is 1. The molecule has 116 valence electrons. The standard InChI is InChI=1S/C14H24O6/c1-13(17-4)14(2,18-5)20-12-9(8-16-3)10(15)6-7-11(12)19-13/h6-7,9-12,15H,8H2,1-5H3/t9-,10+,11-,12-,13+,14+/m1/s1. The van der Waals surface area contributed by atoms with Crippen LogP contribution in [0.4, 0.5) is 0 Å². The molecule has 2 rings (SSSR count). The molecule has 1 fully saturated rings. The molecule has 2 aliphatic rings. The Hall–Kier alpha value is -0.500. The third kappa shape index (κ3) is 2.41. The molecule has 0 spiro atoms. The second kappa shape index (κ2) is 5.71. The van der Waals surface area contributed by atoms with Gasteiger partial charge in [-0.15, -0.1) is 0 Å². The lowest BCUT2D eigenvalue weighted by Gasteiger charge is -2.54. The molecule has 1 heterocycles. The summed E-state index contributed by atoms with van der Waals surface area (Å²) >= 11 is 0. The Morgan fingerprint density at radius 3 is 2.20 bits per heavy atom. The van der Waals surface area contributed by atoms with Crippen molar-refractivity contribution in [2.75, 3.05) is 27.9 Å². The van der Waals surface area contributed by atoms with E-state index >= 15 is 0 Å². The second-order valence-electron chi connectivity index (χ2n) is 5.46. The highest BCUT2D eigenvalue weighted by molar-refractivity contribution is 5.11. The van der Waals surface area contributed by atoms with Crippen molar-refractivity contribution in [3.8, 4) is 0 Å². The molecular formula is C14H24O6. The van der Waals surface area contributed by atoms with Crippen LogP contribution in [0.2, 0.25) is 0 Å². The largest absolute Gasteiger partial charge is 0.389 e. The van der Waals surface area contributed by atoms with Gasteiger partial charge >= 0.3 is 0 Å². The smallest absolute Gasteiger partial charge is 0.220 e. The molecule has 0 aromatic rings. The fourth-order valence-electron chi connectivity index (χ4n) is 2.76. The zero-order chi connectivity index (χ0) is 15.0. The normalized spacial score (nSPS) is 48.1. The van der Waals surface area contributed by atoms with Gasteiger partial charge < -0.3 is 28.8 Å². The maximum atomic E-state index is 10.1. The monoisotopic (exact) mass is 288 g/mol. The van der Waals surface area contributed by atoms with Gasteiger partial charge in [0.15, 0.2) is 0 Å². The summed E-state index contributed by atoms with van der Waals surface area (Å²) < 4.78 is 28.3. The van der Waals surface area contributed by atoms with Gasteiger partial charge in [0.2, 0.25) is 11.6 Å².